The number of hydrogen-bond donors (Lipinski definition) is 0. The molecule has 0 bridgehead atoms. The van der Waals surface area contributed by atoms with Crippen LogP contribution in [-0.2, 0) is 0 Å². The molecule has 10 heavy (non-hydrogen) atoms. The minimum atomic E-state index is 0. The Morgan fingerprint density at radius 3 is 0.600 bits per heavy atom. The number of benzene rings is 1. The topological polar surface area (TPSA) is 0 Å². The quantitative estimate of drug-likeness (QED) is 0.638. The van der Waals surface area contributed by atoms with Gasteiger partial charge in [0.1, 0.15) is 0 Å². The molecule has 0 N–H and O–H groups in total. The fourth-order valence-corrected chi connectivity index (χ4v) is 0.385. The van der Waals surface area contributed by atoms with Gasteiger partial charge in [0.05, 0.1) is 8.41 Å². The highest BCUT2D eigenvalue weighted by Crippen LogP contribution is 1.79. The van der Waals surface area contributed by atoms with Crippen molar-refractivity contribution in [2.24, 2.45) is 0 Å². The lowest BCUT2D eigenvalue weighted by atomic mass is 10.4. The lowest BCUT2D eigenvalue weighted by Crippen LogP contribution is -1.47. The van der Waals surface area contributed by atoms with E-state index in [4.69, 9.17) is 0 Å². The smallest absolute Gasteiger partial charge is 0.0814 e. The predicted molar refractivity (Wildman–Crippen MR) is 67.3 cm³/mol. The minimum Gasteiger partial charge on any atom is -0.114 e. The molecule has 0 aliphatic heterocycles. The van der Waals surface area contributed by atoms with Gasteiger partial charge in [-0.15, -0.1) is 50.9 Å². The van der Waals surface area contributed by atoms with Crippen molar-refractivity contribution < 1.29 is 0 Å². The van der Waals surface area contributed by atoms with Gasteiger partial charge in [-0.2, -0.15) is 0 Å². The molecule has 1 rings (SSSR count). The van der Waals surface area contributed by atoms with E-state index in [-0.39, 0.29) is 59.4 Å². The summed E-state index contributed by atoms with van der Waals surface area (Å²) in [6, 6.07) is 12.0. The van der Waals surface area contributed by atoms with Crippen molar-refractivity contribution in [1.29, 1.82) is 0 Å². The Morgan fingerprint density at radius 1 is 0.400 bits per heavy atom. The standard InChI is InChI=1S/C6H6.BH3.3BrH/c1-2-4-6-5-3-1;;;;/h1-6H;1H3;3*1H. The monoisotopic (exact) mass is 332 g/mol. The molecule has 0 amide bonds. The van der Waals surface area contributed by atoms with Crippen LogP contribution in [0.3, 0.4) is 0 Å². The molecule has 1 aromatic carbocycles. The van der Waals surface area contributed by atoms with E-state index in [0.29, 0.717) is 0 Å². The van der Waals surface area contributed by atoms with Crippen LogP contribution in [0.2, 0.25) is 0 Å². The van der Waals surface area contributed by atoms with Crippen molar-refractivity contribution in [2.75, 3.05) is 0 Å². The van der Waals surface area contributed by atoms with E-state index >= 15 is 0 Å². The van der Waals surface area contributed by atoms with E-state index in [9.17, 15) is 0 Å². The van der Waals surface area contributed by atoms with Crippen LogP contribution in [-0.4, -0.2) is 8.41 Å². The van der Waals surface area contributed by atoms with Crippen LogP contribution in [0.5, 0.6) is 0 Å². The van der Waals surface area contributed by atoms with Gasteiger partial charge in [0.25, 0.3) is 0 Å². The summed E-state index contributed by atoms with van der Waals surface area (Å²) in [7, 11) is 0. The minimum absolute atomic E-state index is 0. The maximum absolute atomic E-state index is 2.00. The lowest BCUT2D eigenvalue weighted by Gasteiger charge is -1.69. The Hall–Kier alpha value is 0.725. The Balaban J connectivity index is -0.0000000450. The van der Waals surface area contributed by atoms with E-state index < -0.39 is 0 Å². The molecule has 0 saturated heterocycles. The molecule has 1 aromatic rings. The van der Waals surface area contributed by atoms with Crippen molar-refractivity contribution in [1.82, 2.24) is 0 Å². The highest BCUT2D eigenvalue weighted by Gasteiger charge is 1.57. The van der Waals surface area contributed by atoms with E-state index in [1.807, 2.05) is 36.4 Å². The first-order valence-electron chi connectivity index (χ1n) is 2.00. The van der Waals surface area contributed by atoms with Crippen LogP contribution in [0.1, 0.15) is 0 Å². The average Bonchev–Trinajstić information content (AvgIpc) is 1.72. The van der Waals surface area contributed by atoms with Gasteiger partial charge in [-0.3, -0.25) is 0 Å². The van der Waals surface area contributed by atoms with Gasteiger partial charge in [-0.05, 0) is 0 Å². The molecule has 0 atom stereocenters. The fourth-order valence-electron chi connectivity index (χ4n) is 0.385. The van der Waals surface area contributed by atoms with Crippen LogP contribution in [0.25, 0.3) is 0 Å². The first-order valence-corrected chi connectivity index (χ1v) is 2.00. The maximum Gasteiger partial charge on any atom is 0.0814 e. The second kappa shape index (κ2) is 16.4. The first kappa shape index (κ1) is 22.4. The molecular weight excluding hydrogens is 323 g/mol. The normalized spacial score (nSPS) is 4.80. The zero-order chi connectivity index (χ0) is 4.24. The van der Waals surface area contributed by atoms with Crippen LogP contribution >= 0.6 is 50.9 Å². The molecule has 4 heteroatoms. The van der Waals surface area contributed by atoms with Crippen LogP contribution in [0.15, 0.2) is 36.4 Å². The fraction of sp³-hybridized carbons (Fsp3) is 0. The second-order valence-corrected chi connectivity index (χ2v) is 1.15. The van der Waals surface area contributed by atoms with Gasteiger partial charge in [-0.1, -0.05) is 36.4 Å². The molecule has 0 aromatic heterocycles. The summed E-state index contributed by atoms with van der Waals surface area (Å²) in [5.74, 6) is 0. The van der Waals surface area contributed by atoms with E-state index in [1.54, 1.807) is 0 Å². The SMILES string of the molecule is B.Br.Br.Br.c1ccccc1. The number of hydrogen-bond acceptors (Lipinski definition) is 0. The molecule has 0 unspecified atom stereocenters. The highest BCUT2D eigenvalue weighted by molar-refractivity contribution is 8.93. The van der Waals surface area contributed by atoms with E-state index in [0.717, 1.165) is 0 Å². The first-order chi connectivity index (χ1) is 3.00. The van der Waals surface area contributed by atoms with Crippen molar-refractivity contribution in [2.45, 2.75) is 0 Å². The Labute approximate surface area is 95.3 Å². The van der Waals surface area contributed by atoms with Gasteiger partial charge < -0.3 is 0 Å². The van der Waals surface area contributed by atoms with Crippen molar-refractivity contribution in [3.05, 3.63) is 36.4 Å². The Kier molecular flexibility index (Phi) is 36.7. The Morgan fingerprint density at radius 2 is 0.500 bits per heavy atom. The van der Waals surface area contributed by atoms with E-state index in [2.05, 4.69) is 0 Å². The summed E-state index contributed by atoms with van der Waals surface area (Å²) < 4.78 is 0. The molecule has 0 nitrogen and oxygen atoms in total. The molecule has 0 aliphatic carbocycles. The molecule has 0 heterocycles. The predicted octanol–water partition coefficient (Wildman–Crippen LogP) is 2.24. The third-order valence-electron chi connectivity index (χ3n) is 0.667. The zero-order valence-electron chi connectivity index (χ0n) is 4.69. The maximum atomic E-state index is 2.00. The zero-order valence-corrected chi connectivity index (χ0v) is 9.83. The van der Waals surface area contributed by atoms with Crippen LogP contribution < -0.4 is 0 Å². The van der Waals surface area contributed by atoms with Gasteiger partial charge >= 0.3 is 0 Å². The molecule has 0 spiro atoms. The lowest BCUT2D eigenvalue weighted by molar-refractivity contribution is 1.72. The van der Waals surface area contributed by atoms with Gasteiger partial charge in [0.2, 0.25) is 0 Å². The molecular formula is C6H12BBr3. The van der Waals surface area contributed by atoms with Crippen molar-refractivity contribution in [3.8, 4) is 0 Å². The van der Waals surface area contributed by atoms with Crippen LogP contribution in [0, 0.1) is 0 Å². The summed E-state index contributed by atoms with van der Waals surface area (Å²) in [5, 5.41) is 0. The third-order valence-corrected chi connectivity index (χ3v) is 0.667. The van der Waals surface area contributed by atoms with Gasteiger partial charge in [-0.25, -0.2) is 0 Å². The van der Waals surface area contributed by atoms with Crippen molar-refractivity contribution in [3.63, 3.8) is 0 Å². The molecule has 0 fully saturated rings. The molecule has 60 valence electrons. The number of rotatable bonds is 0. The Bertz CT molecular complexity index is 84.9. The van der Waals surface area contributed by atoms with Crippen molar-refractivity contribution >= 4 is 59.4 Å². The summed E-state index contributed by atoms with van der Waals surface area (Å²) >= 11 is 0. The summed E-state index contributed by atoms with van der Waals surface area (Å²) in [4.78, 5) is 0. The summed E-state index contributed by atoms with van der Waals surface area (Å²) in [6.45, 7) is 0. The number of halogens is 3. The molecule has 0 aliphatic rings. The van der Waals surface area contributed by atoms with Gasteiger partial charge in [0, 0.05) is 0 Å². The summed E-state index contributed by atoms with van der Waals surface area (Å²) in [5.41, 5.74) is 0. The average molecular weight is 335 g/mol. The third kappa shape index (κ3) is 11.5. The largest absolute Gasteiger partial charge is 0.114 e. The summed E-state index contributed by atoms with van der Waals surface area (Å²) in [6.07, 6.45) is 0. The molecule has 0 radical (unpaired) electrons. The second-order valence-electron chi connectivity index (χ2n) is 1.15. The van der Waals surface area contributed by atoms with Gasteiger partial charge in [0.15, 0.2) is 0 Å². The van der Waals surface area contributed by atoms with E-state index in [1.165, 1.54) is 0 Å². The molecule has 0 saturated carbocycles. The highest BCUT2D eigenvalue weighted by atomic mass is 79.9. The van der Waals surface area contributed by atoms with Crippen LogP contribution in [0.4, 0.5) is 0 Å².